The summed E-state index contributed by atoms with van der Waals surface area (Å²) in [7, 11) is 0. The first-order chi connectivity index (χ1) is 13.0. The summed E-state index contributed by atoms with van der Waals surface area (Å²) < 4.78 is 1.24. The third-order valence-electron chi connectivity index (χ3n) is 5.31. The molecular weight excluding hydrogens is 354 g/mol. The maximum Gasteiger partial charge on any atom is 0.227 e. The Kier molecular flexibility index (Phi) is 4.87. The molecule has 0 bridgehead atoms. The van der Waals surface area contributed by atoms with Gasteiger partial charge in [-0.05, 0) is 62.9 Å². The zero-order valence-corrected chi connectivity index (χ0v) is 16.9. The monoisotopic (exact) mass is 379 g/mol. The Morgan fingerprint density at radius 2 is 1.78 bits per heavy atom. The Morgan fingerprint density at radius 3 is 2.52 bits per heavy atom. The Morgan fingerprint density at radius 1 is 1.07 bits per heavy atom. The molecule has 0 unspecified atom stereocenters. The van der Waals surface area contributed by atoms with Crippen LogP contribution in [0.2, 0.25) is 0 Å². The topological polar surface area (TPSA) is 45.2 Å². The van der Waals surface area contributed by atoms with Crippen molar-refractivity contribution >= 4 is 38.3 Å². The van der Waals surface area contributed by atoms with Crippen molar-refractivity contribution in [2.45, 2.75) is 33.6 Å². The van der Waals surface area contributed by atoms with Crippen molar-refractivity contribution in [3.8, 4) is 0 Å². The van der Waals surface area contributed by atoms with E-state index in [1.54, 1.807) is 11.3 Å². The molecule has 1 aromatic heterocycles. The molecule has 1 amide bonds. The average Bonchev–Trinajstić information content (AvgIpc) is 3.07. The normalized spacial score (nSPS) is 15.3. The van der Waals surface area contributed by atoms with Crippen LogP contribution in [0.15, 0.2) is 36.4 Å². The van der Waals surface area contributed by atoms with Gasteiger partial charge in [-0.3, -0.25) is 4.79 Å². The predicted molar refractivity (Wildman–Crippen MR) is 114 cm³/mol. The van der Waals surface area contributed by atoms with Crippen LogP contribution in [0.5, 0.6) is 0 Å². The average molecular weight is 380 g/mol. The second-order valence-corrected chi connectivity index (χ2v) is 8.55. The van der Waals surface area contributed by atoms with Crippen LogP contribution in [0.25, 0.3) is 10.2 Å². The van der Waals surface area contributed by atoms with E-state index in [0.29, 0.717) is 0 Å². The maximum absolute atomic E-state index is 12.7. The summed E-state index contributed by atoms with van der Waals surface area (Å²) in [5.41, 5.74) is 5.58. The molecule has 0 radical (unpaired) electrons. The number of benzene rings is 2. The second kappa shape index (κ2) is 7.31. The molecule has 1 saturated heterocycles. The molecule has 5 heteroatoms. The number of carbonyl (C=O) groups excluding carboxylic acids is 1. The van der Waals surface area contributed by atoms with E-state index in [-0.39, 0.29) is 11.8 Å². The Bertz CT molecular complexity index is 986. The molecule has 0 atom stereocenters. The van der Waals surface area contributed by atoms with E-state index in [0.717, 1.165) is 47.8 Å². The number of aromatic nitrogens is 1. The highest BCUT2D eigenvalue weighted by Crippen LogP contribution is 2.32. The molecule has 3 aromatic rings. The molecular formula is C22H25N3OS. The number of thiazole rings is 1. The van der Waals surface area contributed by atoms with Crippen molar-refractivity contribution in [1.29, 1.82) is 0 Å². The Balaban J connectivity index is 1.39. The number of nitrogens with zero attached hydrogens (tertiary/aromatic N) is 2. The van der Waals surface area contributed by atoms with Crippen LogP contribution < -0.4 is 10.2 Å². The molecule has 1 fully saturated rings. The van der Waals surface area contributed by atoms with Gasteiger partial charge in [0.25, 0.3) is 0 Å². The van der Waals surface area contributed by atoms with Crippen LogP contribution >= 0.6 is 11.3 Å². The predicted octanol–water partition coefficient (Wildman–Crippen LogP) is 5.08. The summed E-state index contributed by atoms with van der Waals surface area (Å²) in [5.74, 6) is 0.208. The number of piperidine rings is 1. The molecule has 1 aliphatic heterocycles. The number of hydrogen-bond acceptors (Lipinski definition) is 4. The molecule has 4 nitrogen and oxygen atoms in total. The van der Waals surface area contributed by atoms with Crippen LogP contribution in [0.1, 0.15) is 29.5 Å². The Hall–Kier alpha value is -2.40. The summed E-state index contributed by atoms with van der Waals surface area (Å²) in [4.78, 5) is 19.8. The van der Waals surface area contributed by atoms with Crippen molar-refractivity contribution in [3.05, 3.63) is 53.1 Å². The van der Waals surface area contributed by atoms with E-state index >= 15 is 0 Å². The molecule has 140 valence electrons. The summed E-state index contributed by atoms with van der Waals surface area (Å²) in [6.07, 6.45) is 1.73. The molecule has 0 aliphatic carbocycles. The van der Waals surface area contributed by atoms with Gasteiger partial charge in [0.2, 0.25) is 5.91 Å². The van der Waals surface area contributed by atoms with Gasteiger partial charge >= 0.3 is 0 Å². The van der Waals surface area contributed by atoms with Crippen LogP contribution in [0, 0.1) is 26.7 Å². The molecule has 0 spiro atoms. The first-order valence-electron chi connectivity index (χ1n) is 9.50. The minimum absolute atomic E-state index is 0.0681. The zero-order valence-electron chi connectivity index (χ0n) is 16.1. The van der Waals surface area contributed by atoms with Crippen molar-refractivity contribution in [2.24, 2.45) is 5.92 Å². The van der Waals surface area contributed by atoms with Gasteiger partial charge < -0.3 is 10.2 Å². The summed E-state index contributed by atoms with van der Waals surface area (Å²) in [6, 6.07) is 12.5. The lowest BCUT2D eigenvalue weighted by Gasteiger charge is -2.31. The van der Waals surface area contributed by atoms with Crippen LogP contribution in [0.4, 0.5) is 10.8 Å². The highest BCUT2D eigenvalue weighted by molar-refractivity contribution is 7.22. The fourth-order valence-corrected chi connectivity index (χ4v) is 4.79. The van der Waals surface area contributed by atoms with Gasteiger partial charge in [0.15, 0.2) is 5.13 Å². The van der Waals surface area contributed by atoms with E-state index in [2.05, 4.69) is 48.3 Å². The standard InChI is InChI=1S/C22H25N3OS/c1-14-4-6-18(16(3)12-14)23-21(26)17-8-10-25(11-9-17)22-24-19-7-5-15(2)13-20(19)27-22/h4-7,12-13,17H,8-11H2,1-3H3,(H,23,26). The number of fused-ring (bicyclic) bond motifs is 1. The fourth-order valence-electron chi connectivity index (χ4n) is 3.68. The van der Waals surface area contributed by atoms with E-state index in [4.69, 9.17) is 4.98 Å². The van der Waals surface area contributed by atoms with Crippen LogP contribution in [-0.4, -0.2) is 24.0 Å². The summed E-state index contributed by atoms with van der Waals surface area (Å²) in [5, 5.41) is 4.19. The van der Waals surface area contributed by atoms with Gasteiger partial charge in [-0.1, -0.05) is 35.1 Å². The Labute approximate surface area is 164 Å². The first kappa shape index (κ1) is 18.0. The first-order valence-corrected chi connectivity index (χ1v) is 10.3. The number of anilines is 2. The molecule has 4 rings (SSSR count). The largest absolute Gasteiger partial charge is 0.348 e. The fraction of sp³-hybridized carbons (Fsp3) is 0.364. The zero-order chi connectivity index (χ0) is 19.0. The summed E-state index contributed by atoms with van der Waals surface area (Å²) >= 11 is 1.75. The molecule has 0 saturated carbocycles. The van der Waals surface area contributed by atoms with Gasteiger partial charge in [-0.15, -0.1) is 0 Å². The summed E-state index contributed by atoms with van der Waals surface area (Å²) in [6.45, 7) is 7.98. The number of amides is 1. The van der Waals surface area contributed by atoms with Gasteiger partial charge in [0.1, 0.15) is 0 Å². The lowest BCUT2D eigenvalue weighted by molar-refractivity contribution is -0.120. The number of carbonyl (C=O) groups is 1. The van der Waals surface area contributed by atoms with Crippen LogP contribution in [0.3, 0.4) is 0 Å². The third kappa shape index (κ3) is 3.83. The van der Waals surface area contributed by atoms with Crippen molar-refractivity contribution in [3.63, 3.8) is 0 Å². The minimum atomic E-state index is 0.0681. The lowest BCUT2D eigenvalue weighted by atomic mass is 9.96. The molecule has 1 aliphatic rings. The quantitative estimate of drug-likeness (QED) is 0.690. The second-order valence-electron chi connectivity index (χ2n) is 7.54. The number of aryl methyl sites for hydroxylation is 3. The van der Waals surface area contributed by atoms with E-state index in [9.17, 15) is 4.79 Å². The maximum atomic E-state index is 12.7. The van der Waals surface area contributed by atoms with E-state index in [1.165, 1.54) is 15.8 Å². The third-order valence-corrected chi connectivity index (χ3v) is 6.39. The molecule has 2 heterocycles. The van der Waals surface area contributed by atoms with Gasteiger partial charge in [-0.25, -0.2) is 4.98 Å². The molecule has 1 N–H and O–H groups in total. The smallest absolute Gasteiger partial charge is 0.227 e. The number of nitrogens with one attached hydrogen (secondary N) is 1. The lowest BCUT2D eigenvalue weighted by Crippen LogP contribution is -2.38. The number of rotatable bonds is 3. The van der Waals surface area contributed by atoms with Crippen molar-refractivity contribution in [2.75, 3.05) is 23.3 Å². The molecule has 27 heavy (non-hydrogen) atoms. The highest BCUT2D eigenvalue weighted by atomic mass is 32.1. The van der Waals surface area contributed by atoms with E-state index in [1.807, 2.05) is 19.1 Å². The van der Waals surface area contributed by atoms with E-state index < -0.39 is 0 Å². The van der Waals surface area contributed by atoms with Gasteiger partial charge in [0, 0.05) is 24.7 Å². The van der Waals surface area contributed by atoms with Gasteiger partial charge in [-0.2, -0.15) is 0 Å². The van der Waals surface area contributed by atoms with Gasteiger partial charge in [0.05, 0.1) is 10.2 Å². The van der Waals surface area contributed by atoms with Crippen LogP contribution in [-0.2, 0) is 4.79 Å². The molecule has 2 aromatic carbocycles. The van der Waals surface area contributed by atoms with Crippen molar-refractivity contribution in [1.82, 2.24) is 4.98 Å². The minimum Gasteiger partial charge on any atom is -0.348 e. The van der Waals surface area contributed by atoms with Crippen molar-refractivity contribution < 1.29 is 4.79 Å². The SMILES string of the molecule is Cc1ccc(NC(=O)C2CCN(c3nc4ccc(C)cc4s3)CC2)c(C)c1. The number of hydrogen-bond donors (Lipinski definition) is 1. The highest BCUT2D eigenvalue weighted by Gasteiger charge is 2.26.